The molecule has 4 heteroatoms. The van der Waals surface area contributed by atoms with Crippen LogP contribution in [0.15, 0.2) is 206 Å². The van der Waals surface area contributed by atoms with E-state index in [0.717, 1.165) is 11.5 Å². The van der Waals surface area contributed by atoms with E-state index < -0.39 is 0 Å². The third kappa shape index (κ3) is 5.05. The predicted molar refractivity (Wildman–Crippen MR) is 248 cm³/mol. The van der Waals surface area contributed by atoms with Gasteiger partial charge in [0.1, 0.15) is 11.5 Å². The van der Waals surface area contributed by atoms with E-state index in [1.165, 1.54) is 97.4 Å². The summed E-state index contributed by atoms with van der Waals surface area (Å²) in [5.41, 5.74) is 14.6. The number of fused-ring (bicyclic) bond motifs is 8. The van der Waals surface area contributed by atoms with E-state index in [0.29, 0.717) is 0 Å². The molecule has 0 saturated heterocycles. The van der Waals surface area contributed by atoms with Gasteiger partial charge in [0.05, 0.1) is 11.0 Å². The Morgan fingerprint density at radius 3 is 1.67 bits per heavy atom. The van der Waals surface area contributed by atoms with Crippen LogP contribution in [0.5, 0.6) is 11.5 Å². The van der Waals surface area contributed by atoms with Gasteiger partial charge in [0.25, 0.3) is 6.71 Å². The summed E-state index contributed by atoms with van der Waals surface area (Å²) < 4.78 is 11.6. The van der Waals surface area contributed by atoms with Crippen molar-refractivity contribution in [1.29, 1.82) is 0 Å². The molecule has 2 nitrogen and oxygen atoms in total. The standard InChI is InChI=1S/C54H34BNOS/c1-3-16-35(17-4-1)38-31-32-41(52(36-18-5-2-6-19-36)53(38)55-45-24-9-13-28-49(45)57-50-29-14-10-25-46(50)55)42-22-15-23-43-44-34-37(30-33-51(44)58-54(42)43)56-47-26-11-7-20-39(47)40-21-8-12-27-48(40)56/h1-34H. The molecule has 270 valence electrons. The van der Waals surface area contributed by atoms with Crippen LogP contribution in [0.4, 0.5) is 0 Å². The maximum absolute atomic E-state index is 6.61. The van der Waals surface area contributed by atoms with Gasteiger partial charge in [0, 0.05) is 42.2 Å². The van der Waals surface area contributed by atoms with Crippen LogP contribution in [0.1, 0.15) is 0 Å². The first kappa shape index (κ1) is 33.0. The highest BCUT2D eigenvalue weighted by molar-refractivity contribution is 7.26. The Hall–Kier alpha value is -7.14. The van der Waals surface area contributed by atoms with Crippen molar-refractivity contribution in [1.82, 2.24) is 4.57 Å². The molecule has 1 aliphatic rings. The second-order valence-electron chi connectivity index (χ2n) is 15.1. The van der Waals surface area contributed by atoms with Crippen molar-refractivity contribution in [3.8, 4) is 50.6 Å². The molecule has 2 aromatic heterocycles. The molecule has 0 atom stereocenters. The summed E-state index contributed by atoms with van der Waals surface area (Å²) in [5.74, 6) is 1.81. The van der Waals surface area contributed by atoms with Crippen LogP contribution in [0.25, 0.3) is 81.0 Å². The topological polar surface area (TPSA) is 14.2 Å². The van der Waals surface area contributed by atoms with E-state index in [1.54, 1.807) is 0 Å². The van der Waals surface area contributed by atoms with Gasteiger partial charge < -0.3 is 9.30 Å². The average molecular weight is 756 g/mol. The van der Waals surface area contributed by atoms with Crippen LogP contribution in [-0.2, 0) is 0 Å². The number of rotatable bonds is 5. The number of benzene rings is 9. The average Bonchev–Trinajstić information content (AvgIpc) is 3.84. The molecule has 0 aliphatic carbocycles. The monoisotopic (exact) mass is 755 g/mol. The fraction of sp³-hybridized carbons (Fsp3) is 0. The molecule has 58 heavy (non-hydrogen) atoms. The number of nitrogens with zero attached hydrogens (tertiary/aromatic N) is 1. The molecule has 0 saturated carbocycles. The van der Waals surface area contributed by atoms with E-state index in [-0.39, 0.29) is 6.71 Å². The molecule has 0 unspecified atom stereocenters. The Morgan fingerprint density at radius 1 is 0.414 bits per heavy atom. The molecule has 0 N–H and O–H groups in total. The molecule has 0 amide bonds. The summed E-state index contributed by atoms with van der Waals surface area (Å²) in [5, 5.41) is 5.09. The summed E-state index contributed by atoms with van der Waals surface area (Å²) in [6.07, 6.45) is 0. The molecule has 0 spiro atoms. The van der Waals surface area contributed by atoms with Gasteiger partial charge in [-0.15, -0.1) is 11.3 Å². The molecular weight excluding hydrogens is 721 g/mol. The number of thiophene rings is 1. The van der Waals surface area contributed by atoms with Crippen molar-refractivity contribution in [2.45, 2.75) is 0 Å². The fourth-order valence-electron chi connectivity index (χ4n) is 9.49. The molecule has 0 radical (unpaired) electrons. The molecule has 0 fully saturated rings. The summed E-state index contributed by atoms with van der Waals surface area (Å²) in [6, 6.07) is 75.1. The maximum Gasteiger partial charge on any atom is 0.252 e. The van der Waals surface area contributed by atoms with Gasteiger partial charge in [0.15, 0.2) is 0 Å². The van der Waals surface area contributed by atoms with Crippen molar-refractivity contribution >= 4 is 76.4 Å². The minimum atomic E-state index is -0.0677. The van der Waals surface area contributed by atoms with E-state index >= 15 is 0 Å². The first-order valence-electron chi connectivity index (χ1n) is 19.9. The van der Waals surface area contributed by atoms with Gasteiger partial charge in [-0.3, -0.25) is 0 Å². The van der Waals surface area contributed by atoms with E-state index in [9.17, 15) is 0 Å². The van der Waals surface area contributed by atoms with Crippen molar-refractivity contribution in [2.75, 3.05) is 0 Å². The molecule has 0 bridgehead atoms. The van der Waals surface area contributed by atoms with Gasteiger partial charge >= 0.3 is 0 Å². The Labute approximate surface area is 340 Å². The minimum absolute atomic E-state index is 0.0677. The zero-order valence-electron chi connectivity index (χ0n) is 31.5. The molecule has 9 aromatic carbocycles. The minimum Gasteiger partial charge on any atom is -0.458 e. The molecule has 11 aromatic rings. The zero-order valence-corrected chi connectivity index (χ0v) is 32.3. The quantitative estimate of drug-likeness (QED) is 0.160. The molecule has 12 rings (SSSR count). The van der Waals surface area contributed by atoms with Crippen LogP contribution >= 0.6 is 11.3 Å². The summed E-state index contributed by atoms with van der Waals surface area (Å²) in [7, 11) is 0. The van der Waals surface area contributed by atoms with Gasteiger partial charge in [-0.05, 0) is 81.2 Å². The SMILES string of the molecule is c1ccc(-c2ccc(-c3cccc4c3sc3ccc(-n5c6ccccc6c6ccccc65)cc34)c(-c3ccccc3)c2B2c3ccccc3Oc3ccccc32)cc1. The summed E-state index contributed by atoms with van der Waals surface area (Å²) in [4.78, 5) is 0. The maximum atomic E-state index is 6.61. The first-order chi connectivity index (χ1) is 28.8. The molecule has 1 aliphatic heterocycles. The normalized spacial score (nSPS) is 12.2. The van der Waals surface area contributed by atoms with Gasteiger partial charge in [-0.25, -0.2) is 0 Å². The Bertz CT molecular complexity index is 3280. The zero-order chi connectivity index (χ0) is 38.2. The van der Waals surface area contributed by atoms with Crippen molar-refractivity contribution in [2.24, 2.45) is 0 Å². The van der Waals surface area contributed by atoms with E-state index in [2.05, 4.69) is 211 Å². The lowest BCUT2D eigenvalue weighted by Crippen LogP contribution is -2.56. The Kier molecular flexibility index (Phi) is 7.54. The lowest BCUT2D eigenvalue weighted by molar-refractivity contribution is 0.487. The third-order valence-corrected chi connectivity index (χ3v) is 13.2. The second kappa shape index (κ2) is 13.2. The number of ether oxygens (including phenoxy) is 1. The van der Waals surface area contributed by atoms with Crippen LogP contribution < -0.4 is 21.1 Å². The first-order valence-corrected chi connectivity index (χ1v) is 20.7. The Balaban J connectivity index is 1.15. The highest BCUT2D eigenvalue weighted by Gasteiger charge is 2.36. The highest BCUT2D eigenvalue weighted by Crippen LogP contribution is 2.45. The second-order valence-corrected chi connectivity index (χ2v) is 16.2. The number of aromatic nitrogens is 1. The summed E-state index contributed by atoms with van der Waals surface area (Å²) >= 11 is 1.89. The predicted octanol–water partition coefficient (Wildman–Crippen LogP) is 12.8. The van der Waals surface area contributed by atoms with Gasteiger partial charge in [-0.1, -0.05) is 169 Å². The number of hydrogen-bond donors (Lipinski definition) is 0. The van der Waals surface area contributed by atoms with Crippen molar-refractivity contribution in [3.63, 3.8) is 0 Å². The molecule has 3 heterocycles. The van der Waals surface area contributed by atoms with Crippen LogP contribution in [0.3, 0.4) is 0 Å². The third-order valence-electron chi connectivity index (χ3n) is 12.0. The number of hydrogen-bond acceptors (Lipinski definition) is 2. The highest BCUT2D eigenvalue weighted by atomic mass is 32.1. The van der Waals surface area contributed by atoms with Crippen molar-refractivity contribution in [3.05, 3.63) is 206 Å². The van der Waals surface area contributed by atoms with Crippen LogP contribution in [-0.4, -0.2) is 11.3 Å². The van der Waals surface area contributed by atoms with Crippen LogP contribution in [0.2, 0.25) is 0 Å². The number of para-hydroxylation sites is 4. The largest absolute Gasteiger partial charge is 0.458 e. The van der Waals surface area contributed by atoms with E-state index in [1.807, 2.05) is 11.3 Å². The summed E-state index contributed by atoms with van der Waals surface area (Å²) in [6.45, 7) is -0.0677. The van der Waals surface area contributed by atoms with Crippen molar-refractivity contribution < 1.29 is 4.74 Å². The fourth-order valence-corrected chi connectivity index (χ4v) is 10.7. The lowest BCUT2D eigenvalue weighted by Gasteiger charge is -2.31. The smallest absolute Gasteiger partial charge is 0.252 e. The molecular formula is C54H34BNOS. The van der Waals surface area contributed by atoms with Gasteiger partial charge in [0.2, 0.25) is 0 Å². The van der Waals surface area contributed by atoms with Crippen LogP contribution in [0, 0.1) is 0 Å². The Morgan fingerprint density at radius 2 is 0.983 bits per heavy atom. The lowest BCUT2D eigenvalue weighted by atomic mass is 9.34. The van der Waals surface area contributed by atoms with E-state index in [4.69, 9.17) is 4.74 Å². The van der Waals surface area contributed by atoms with Gasteiger partial charge in [-0.2, -0.15) is 0 Å².